The summed E-state index contributed by atoms with van der Waals surface area (Å²) in [5.74, 6) is -0.288. The van der Waals surface area contributed by atoms with Gasteiger partial charge in [-0.15, -0.1) is 0 Å². The molecule has 0 aromatic carbocycles. The number of nitrogens with zero attached hydrogens (tertiary/aromatic N) is 4. The molecule has 2 aliphatic rings. The van der Waals surface area contributed by atoms with E-state index in [0.29, 0.717) is 26.1 Å². The van der Waals surface area contributed by atoms with Gasteiger partial charge in [-0.25, -0.2) is 18.1 Å². The lowest BCUT2D eigenvalue weighted by atomic mass is 10.1. The molecule has 2 aromatic heterocycles. The maximum absolute atomic E-state index is 13.3. The molecular weight excluding hydrogens is 408 g/mol. The van der Waals surface area contributed by atoms with Crippen molar-refractivity contribution < 1.29 is 18.0 Å². The van der Waals surface area contributed by atoms with E-state index in [-0.39, 0.29) is 30.4 Å². The minimum Gasteiger partial charge on any atom is -0.354 e. The number of nitrogens with one attached hydrogen (secondary N) is 2. The van der Waals surface area contributed by atoms with E-state index in [4.69, 9.17) is 0 Å². The van der Waals surface area contributed by atoms with Crippen LogP contribution in [0.15, 0.2) is 30.6 Å². The molecule has 10 nitrogen and oxygen atoms in total. The summed E-state index contributed by atoms with van der Waals surface area (Å²) >= 11 is 0. The molecule has 162 valence electrons. The van der Waals surface area contributed by atoms with Crippen LogP contribution in [0.1, 0.15) is 19.0 Å². The van der Waals surface area contributed by atoms with E-state index >= 15 is 0 Å². The molecule has 2 N–H and O–H groups in total. The van der Waals surface area contributed by atoms with Crippen molar-refractivity contribution in [3.05, 3.63) is 36.3 Å². The van der Waals surface area contributed by atoms with Crippen LogP contribution >= 0.6 is 0 Å². The van der Waals surface area contributed by atoms with E-state index < -0.39 is 16.1 Å². The van der Waals surface area contributed by atoms with Crippen molar-refractivity contribution >= 4 is 27.5 Å². The molecule has 4 heterocycles. The Morgan fingerprint density at radius 3 is 2.83 bits per heavy atom. The lowest BCUT2D eigenvalue weighted by Gasteiger charge is -2.42. The van der Waals surface area contributed by atoms with Gasteiger partial charge in [0.05, 0.1) is 18.1 Å². The Kier molecular flexibility index (Phi) is 5.51. The second kappa shape index (κ2) is 7.97. The number of amides is 2. The Hall–Kier alpha value is -2.50. The molecule has 0 aliphatic carbocycles. The predicted molar refractivity (Wildman–Crippen MR) is 110 cm³/mol. The summed E-state index contributed by atoms with van der Waals surface area (Å²) in [4.78, 5) is 33.0. The molecule has 2 fully saturated rings. The minimum atomic E-state index is -3.35. The van der Waals surface area contributed by atoms with Crippen LogP contribution < -0.4 is 10.0 Å². The second-order valence-electron chi connectivity index (χ2n) is 8.03. The van der Waals surface area contributed by atoms with Crippen molar-refractivity contribution in [1.82, 2.24) is 29.2 Å². The third-order valence-corrected chi connectivity index (χ3v) is 6.41. The summed E-state index contributed by atoms with van der Waals surface area (Å²) in [5.41, 5.74) is 1.78. The lowest BCUT2D eigenvalue weighted by molar-refractivity contribution is -0.144. The van der Waals surface area contributed by atoms with Gasteiger partial charge in [0.1, 0.15) is 11.7 Å². The fourth-order valence-electron chi connectivity index (χ4n) is 4.44. The van der Waals surface area contributed by atoms with Crippen molar-refractivity contribution in [2.24, 2.45) is 0 Å². The number of sulfonamides is 1. The number of piperazine rings is 1. The lowest BCUT2D eigenvalue weighted by Crippen LogP contribution is -2.62. The van der Waals surface area contributed by atoms with Crippen molar-refractivity contribution in [2.45, 2.75) is 38.0 Å². The van der Waals surface area contributed by atoms with Gasteiger partial charge in [0.25, 0.3) is 0 Å². The second-order valence-corrected chi connectivity index (χ2v) is 9.81. The SMILES string of the molecule is CC(=O)NC[C@H]1C(=O)N2C[C@@H](NS(C)(=O)=O)C[C@H]2CN1Cc1cnc2ccccn12. The number of imidazole rings is 1. The monoisotopic (exact) mass is 434 g/mol. The van der Waals surface area contributed by atoms with E-state index in [1.165, 1.54) is 6.92 Å². The first-order valence-corrected chi connectivity index (χ1v) is 11.8. The molecule has 2 amide bonds. The van der Waals surface area contributed by atoms with Crippen LogP contribution in [0.2, 0.25) is 0 Å². The molecule has 2 aliphatic heterocycles. The molecule has 2 aromatic rings. The predicted octanol–water partition coefficient (Wildman–Crippen LogP) is -0.827. The zero-order valence-corrected chi connectivity index (χ0v) is 17.8. The van der Waals surface area contributed by atoms with Gasteiger partial charge in [-0.05, 0) is 18.6 Å². The van der Waals surface area contributed by atoms with Crippen LogP contribution in [0.4, 0.5) is 0 Å². The Balaban J connectivity index is 1.57. The van der Waals surface area contributed by atoms with E-state index in [1.54, 1.807) is 11.1 Å². The Morgan fingerprint density at radius 1 is 1.30 bits per heavy atom. The van der Waals surface area contributed by atoms with Crippen LogP contribution in [-0.2, 0) is 26.2 Å². The summed E-state index contributed by atoms with van der Waals surface area (Å²) < 4.78 is 27.9. The van der Waals surface area contributed by atoms with Gasteiger partial charge in [-0.1, -0.05) is 6.07 Å². The summed E-state index contributed by atoms with van der Waals surface area (Å²) in [6, 6.07) is 4.86. The van der Waals surface area contributed by atoms with E-state index in [1.807, 2.05) is 28.8 Å². The largest absolute Gasteiger partial charge is 0.354 e. The minimum absolute atomic E-state index is 0.0792. The molecule has 2 saturated heterocycles. The van der Waals surface area contributed by atoms with Gasteiger partial charge in [0.2, 0.25) is 21.8 Å². The molecule has 0 radical (unpaired) electrons. The normalized spacial score (nSPS) is 24.9. The van der Waals surface area contributed by atoms with Crippen LogP contribution in [0.3, 0.4) is 0 Å². The Labute approximate surface area is 175 Å². The highest BCUT2D eigenvalue weighted by Gasteiger charge is 2.45. The van der Waals surface area contributed by atoms with Gasteiger partial charge >= 0.3 is 0 Å². The topological polar surface area (TPSA) is 116 Å². The van der Waals surface area contributed by atoms with E-state index in [2.05, 4.69) is 19.9 Å². The Bertz CT molecular complexity index is 1070. The third-order valence-electron chi connectivity index (χ3n) is 5.65. The number of fused-ring (bicyclic) bond motifs is 2. The summed E-state index contributed by atoms with van der Waals surface area (Å²) in [5, 5.41) is 2.76. The molecule has 0 unspecified atom stereocenters. The number of pyridine rings is 1. The van der Waals surface area contributed by atoms with Crippen molar-refractivity contribution in [1.29, 1.82) is 0 Å². The third kappa shape index (κ3) is 4.32. The molecule has 4 rings (SSSR count). The molecule has 0 bridgehead atoms. The number of hydrogen-bond acceptors (Lipinski definition) is 6. The van der Waals surface area contributed by atoms with Gasteiger partial charge in [-0.3, -0.25) is 14.5 Å². The maximum Gasteiger partial charge on any atom is 0.242 e. The first kappa shape index (κ1) is 20.8. The number of rotatable bonds is 6. The smallest absolute Gasteiger partial charge is 0.242 e. The summed E-state index contributed by atoms with van der Waals surface area (Å²) in [7, 11) is -3.35. The van der Waals surface area contributed by atoms with E-state index in [0.717, 1.165) is 17.6 Å². The first-order chi connectivity index (χ1) is 14.2. The number of carbonyl (C=O) groups is 2. The highest BCUT2D eigenvalue weighted by Crippen LogP contribution is 2.27. The zero-order valence-electron chi connectivity index (χ0n) is 17.0. The average Bonchev–Trinajstić information content (AvgIpc) is 3.24. The highest BCUT2D eigenvalue weighted by molar-refractivity contribution is 7.88. The number of carbonyl (C=O) groups excluding carboxylic acids is 2. The Morgan fingerprint density at radius 2 is 2.10 bits per heavy atom. The van der Waals surface area contributed by atoms with Crippen LogP contribution in [0, 0.1) is 0 Å². The van der Waals surface area contributed by atoms with Crippen LogP contribution in [-0.4, -0.2) is 83.4 Å². The molecular formula is C19H26N6O4S. The fraction of sp³-hybridized carbons (Fsp3) is 0.526. The summed E-state index contributed by atoms with van der Waals surface area (Å²) in [6.07, 6.45) is 5.42. The van der Waals surface area contributed by atoms with Crippen molar-refractivity contribution in [3.63, 3.8) is 0 Å². The average molecular weight is 435 g/mol. The van der Waals surface area contributed by atoms with Crippen LogP contribution in [0.5, 0.6) is 0 Å². The zero-order chi connectivity index (χ0) is 21.5. The van der Waals surface area contributed by atoms with Gasteiger partial charge in [0.15, 0.2) is 0 Å². The fourth-order valence-corrected chi connectivity index (χ4v) is 5.21. The van der Waals surface area contributed by atoms with Crippen LogP contribution in [0.25, 0.3) is 5.65 Å². The van der Waals surface area contributed by atoms with Crippen molar-refractivity contribution in [3.8, 4) is 0 Å². The standard InChI is InChI=1S/C19H26N6O4S/c1-13(26)20-9-17-19(27)25-10-14(22-30(2,28)29)7-15(25)11-23(17)12-16-8-21-18-5-3-4-6-24(16)18/h3-6,8,14-15,17,22H,7,9-12H2,1-2H3,(H,20,26)/t14-,15-,17-/m0/s1. The first-order valence-electron chi connectivity index (χ1n) is 9.88. The summed E-state index contributed by atoms with van der Waals surface area (Å²) in [6.45, 7) is 3.06. The molecule has 30 heavy (non-hydrogen) atoms. The highest BCUT2D eigenvalue weighted by atomic mass is 32.2. The van der Waals surface area contributed by atoms with Gasteiger partial charge in [0, 0.05) is 51.4 Å². The molecule has 11 heteroatoms. The maximum atomic E-state index is 13.3. The quantitative estimate of drug-likeness (QED) is 0.613. The molecule has 0 saturated carbocycles. The van der Waals surface area contributed by atoms with Crippen molar-refractivity contribution in [2.75, 3.05) is 25.9 Å². The number of hydrogen-bond donors (Lipinski definition) is 2. The molecule has 0 spiro atoms. The molecule has 3 atom stereocenters. The van der Waals surface area contributed by atoms with E-state index in [9.17, 15) is 18.0 Å². The number of aromatic nitrogens is 2. The van der Waals surface area contributed by atoms with Gasteiger partial charge in [-0.2, -0.15) is 0 Å². The van der Waals surface area contributed by atoms with Gasteiger partial charge < -0.3 is 14.6 Å².